The van der Waals surface area contributed by atoms with Crippen LogP contribution < -0.4 is 5.32 Å². The zero-order valence-electron chi connectivity index (χ0n) is 8.50. The molecule has 0 saturated heterocycles. The van der Waals surface area contributed by atoms with Crippen LogP contribution in [0.15, 0.2) is 18.2 Å². The molecule has 2 rings (SSSR count). The fraction of sp³-hybridized carbons (Fsp3) is 0.200. The van der Waals surface area contributed by atoms with E-state index in [0.29, 0.717) is 16.6 Å². The van der Waals surface area contributed by atoms with Crippen molar-refractivity contribution in [3.63, 3.8) is 0 Å². The number of aromatic nitrogens is 2. The summed E-state index contributed by atoms with van der Waals surface area (Å²) in [5, 5.41) is 14.2. The van der Waals surface area contributed by atoms with Crippen LogP contribution in [0.3, 0.4) is 0 Å². The topological polar surface area (TPSA) is 37.8 Å². The van der Waals surface area contributed by atoms with E-state index in [1.165, 1.54) is 11.3 Å². The lowest BCUT2D eigenvalue weighted by atomic mass is 10.2. The van der Waals surface area contributed by atoms with Gasteiger partial charge < -0.3 is 5.32 Å². The van der Waals surface area contributed by atoms with Crippen molar-refractivity contribution < 1.29 is 0 Å². The highest BCUT2D eigenvalue weighted by atomic mass is 35.5. The molecule has 0 atom stereocenters. The summed E-state index contributed by atoms with van der Waals surface area (Å²) in [6.07, 6.45) is 0. The summed E-state index contributed by atoms with van der Waals surface area (Å²) < 4.78 is 0. The monoisotopic (exact) mass is 273 g/mol. The molecule has 84 valence electrons. The minimum absolute atomic E-state index is 0.605. The lowest BCUT2D eigenvalue weighted by molar-refractivity contribution is 0.795. The third-order valence-electron chi connectivity index (χ3n) is 1.90. The lowest BCUT2D eigenvalue weighted by Crippen LogP contribution is -2.04. The maximum Gasteiger partial charge on any atom is 0.147 e. The standard InChI is InChI=1S/C10H9Cl2N3S/c1-13-5-9-14-15-10(16-9)6-2-7(11)4-8(12)3-6/h2-4,13H,5H2,1H3. The van der Waals surface area contributed by atoms with Gasteiger partial charge in [0.2, 0.25) is 0 Å². The van der Waals surface area contributed by atoms with Crippen molar-refractivity contribution in [1.82, 2.24) is 15.5 Å². The van der Waals surface area contributed by atoms with Crippen LogP contribution in [0.4, 0.5) is 0 Å². The van der Waals surface area contributed by atoms with Crippen molar-refractivity contribution in [3.8, 4) is 10.6 Å². The van der Waals surface area contributed by atoms with E-state index in [-0.39, 0.29) is 0 Å². The summed E-state index contributed by atoms with van der Waals surface area (Å²) in [6, 6.07) is 5.36. The highest BCUT2D eigenvalue weighted by Crippen LogP contribution is 2.29. The van der Waals surface area contributed by atoms with E-state index in [1.807, 2.05) is 19.2 Å². The molecule has 0 unspecified atom stereocenters. The van der Waals surface area contributed by atoms with Gasteiger partial charge in [0.05, 0.1) is 0 Å². The maximum atomic E-state index is 5.93. The van der Waals surface area contributed by atoms with Gasteiger partial charge in [-0.3, -0.25) is 0 Å². The Morgan fingerprint density at radius 2 is 1.88 bits per heavy atom. The first-order valence-electron chi connectivity index (χ1n) is 4.62. The second kappa shape index (κ2) is 5.10. The quantitative estimate of drug-likeness (QED) is 0.933. The fourth-order valence-electron chi connectivity index (χ4n) is 1.27. The summed E-state index contributed by atoms with van der Waals surface area (Å²) in [5.41, 5.74) is 0.900. The Kier molecular flexibility index (Phi) is 3.76. The first-order chi connectivity index (χ1) is 7.69. The van der Waals surface area contributed by atoms with Crippen molar-refractivity contribution in [2.45, 2.75) is 6.54 Å². The van der Waals surface area contributed by atoms with Crippen LogP contribution in [-0.4, -0.2) is 17.2 Å². The van der Waals surface area contributed by atoms with E-state index in [0.717, 1.165) is 15.6 Å². The Labute approximate surface area is 107 Å². The minimum Gasteiger partial charge on any atom is -0.313 e. The van der Waals surface area contributed by atoms with Gasteiger partial charge in [0, 0.05) is 22.2 Å². The van der Waals surface area contributed by atoms with Crippen molar-refractivity contribution in [2.75, 3.05) is 7.05 Å². The molecule has 1 aromatic heterocycles. The van der Waals surface area contributed by atoms with Crippen molar-refractivity contribution in [3.05, 3.63) is 33.3 Å². The van der Waals surface area contributed by atoms with Gasteiger partial charge in [-0.1, -0.05) is 34.5 Å². The molecule has 1 aromatic carbocycles. The third kappa shape index (κ3) is 2.71. The summed E-state index contributed by atoms with van der Waals surface area (Å²) in [4.78, 5) is 0. The van der Waals surface area contributed by atoms with E-state index in [2.05, 4.69) is 15.5 Å². The minimum atomic E-state index is 0.605. The number of hydrogen-bond donors (Lipinski definition) is 1. The summed E-state index contributed by atoms with van der Waals surface area (Å²) >= 11 is 13.4. The molecule has 0 spiro atoms. The van der Waals surface area contributed by atoms with E-state index >= 15 is 0 Å². The lowest BCUT2D eigenvalue weighted by Gasteiger charge is -1.97. The van der Waals surface area contributed by atoms with Crippen LogP contribution in [0.5, 0.6) is 0 Å². The Hall–Kier alpha value is -0.680. The van der Waals surface area contributed by atoms with Crippen LogP contribution in [0.2, 0.25) is 10.0 Å². The zero-order valence-corrected chi connectivity index (χ0v) is 10.8. The molecule has 16 heavy (non-hydrogen) atoms. The highest BCUT2D eigenvalue weighted by molar-refractivity contribution is 7.14. The molecule has 0 bridgehead atoms. The third-order valence-corrected chi connectivity index (χ3v) is 3.31. The Morgan fingerprint density at radius 3 is 2.50 bits per heavy atom. The Morgan fingerprint density at radius 1 is 1.19 bits per heavy atom. The van der Waals surface area contributed by atoms with Crippen molar-refractivity contribution in [2.24, 2.45) is 0 Å². The number of rotatable bonds is 3. The molecular formula is C10H9Cl2N3S. The van der Waals surface area contributed by atoms with Crippen LogP contribution in [0, 0.1) is 0 Å². The molecule has 0 aliphatic heterocycles. The van der Waals surface area contributed by atoms with Crippen molar-refractivity contribution >= 4 is 34.5 Å². The molecule has 6 heteroatoms. The summed E-state index contributed by atoms with van der Waals surface area (Å²) in [7, 11) is 1.87. The molecule has 0 aliphatic carbocycles. The van der Waals surface area contributed by atoms with E-state index in [1.54, 1.807) is 6.07 Å². The number of nitrogens with one attached hydrogen (secondary N) is 1. The second-order valence-corrected chi connectivity index (χ2v) is 5.12. The summed E-state index contributed by atoms with van der Waals surface area (Å²) in [5.74, 6) is 0. The van der Waals surface area contributed by atoms with E-state index in [9.17, 15) is 0 Å². The van der Waals surface area contributed by atoms with Crippen LogP contribution in [0.1, 0.15) is 5.01 Å². The number of benzene rings is 1. The molecule has 0 radical (unpaired) electrons. The second-order valence-electron chi connectivity index (χ2n) is 3.19. The predicted molar refractivity (Wildman–Crippen MR) is 68.1 cm³/mol. The predicted octanol–water partition coefficient (Wildman–Crippen LogP) is 3.23. The van der Waals surface area contributed by atoms with Gasteiger partial charge in [-0.05, 0) is 25.2 Å². The number of nitrogens with zero attached hydrogens (tertiary/aromatic N) is 2. The van der Waals surface area contributed by atoms with E-state index in [4.69, 9.17) is 23.2 Å². The molecule has 2 aromatic rings. The van der Waals surface area contributed by atoms with Crippen LogP contribution >= 0.6 is 34.5 Å². The molecule has 0 saturated carbocycles. The largest absolute Gasteiger partial charge is 0.313 e. The Bertz CT molecular complexity index is 478. The van der Waals surface area contributed by atoms with Gasteiger partial charge in [0.15, 0.2) is 0 Å². The first-order valence-corrected chi connectivity index (χ1v) is 6.20. The van der Waals surface area contributed by atoms with Crippen LogP contribution in [-0.2, 0) is 6.54 Å². The number of halogens is 2. The van der Waals surface area contributed by atoms with E-state index < -0.39 is 0 Å². The van der Waals surface area contributed by atoms with Gasteiger partial charge in [-0.25, -0.2) is 0 Å². The normalized spacial score (nSPS) is 10.7. The smallest absolute Gasteiger partial charge is 0.147 e. The molecule has 0 amide bonds. The van der Waals surface area contributed by atoms with Gasteiger partial charge in [-0.15, -0.1) is 10.2 Å². The maximum absolute atomic E-state index is 5.93. The van der Waals surface area contributed by atoms with Gasteiger partial charge in [-0.2, -0.15) is 0 Å². The van der Waals surface area contributed by atoms with Gasteiger partial charge >= 0.3 is 0 Å². The number of hydrogen-bond acceptors (Lipinski definition) is 4. The van der Waals surface area contributed by atoms with Crippen LogP contribution in [0.25, 0.3) is 10.6 Å². The van der Waals surface area contributed by atoms with Gasteiger partial charge in [0.25, 0.3) is 0 Å². The fourth-order valence-corrected chi connectivity index (χ4v) is 2.63. The summed E-state index contributed by atoms with van der Waals surface area (Å²) in [6.45, 7) is 0.714. The van der Waals surface area contributed by atoms with Gasteiger partial charge in [0.1, 0.15) is 10.0 Å². The molecule has 0 fully saturated rings. The first kappa shape index (κ1) is 11.8. The van der Waals surface area contributed by atoms with Crippen molar-refractivity contribution in [1.29, 1.82) is 0 Å². The SMILES string of the molecule is CNCc1nnc(-c2cc(Cl)cc(Cl)c2)s1. The molecule has 1 N–H and O–H groups in total. The average Bonchev–Trinajstić information content (AvgIpc) is 2.65. The highest BCUT2D eigenvalue weighted by Gasteiger charge is 2.07. The molecule has 3 nitrogen and oxygen atoms in total. The molecule has 0 aliphatic rings. The zero-order chi connectivity index (χ0) is 11.5. The average molecular weight is 274 g/mol. The Balaban J connectivity index is 2.34. The molecular weight excluding hydrogens is 265 g/mol. The molecule has 1 heterocycles.